The first-order valence-corrected chi connectivity index (χ1v) is 7.49. The predicted octanol–water partition coefficient (Wildman–Crippen LogP) is 1.63. The fourth-order valence-electron chi connectivity index (χ4n) is 2.38. The number of aromatic nitrogens is 4. The molecule has 17 heavy (non-hydrogen) atoms. The molecular weight excluding hydrogens is 234 g/mol. The van der Waals surface area contributed by atoms with Crippen LogP contribution in [0.15, 0.2) is 0 Å². The zero-order chi connectivity index (χ0) is 12.1. The van der Waals surface area contributed by atoms with E-state index in [2.05, 4.69) is 46.5 Å². The molecule has 0 aliphatic heterocycles. The van der Waals surface area contributed by atoms with E-state index in [0.29, 0.717) is 6.04 Å². The molecule has 2 rings (SSSR count). The van der Waals surface area contributed by atoms with Gasteiger partial charge in [0.2, 0.25) is 0 Å². The van der Waals surface area contributed by atoms with Crippen LogP contribution in [0.5, 0.6) is 0 Å². The Morgan fingerprint density at radius 3 is 3.06 bits per heavy atom. The van der Waals surface area contributed by atoms with Gasteiger partial charge in [0.1, 0.15) is 0 Å². The summed E-state index contributed by atoms with van der Waals surface area (Å²) in [4.78, 5) is 0. The average Bonchev–Trinajstić information content (AvgIpc) is 2.94. The molecule has 0 bridgehead atoms. The highest BCUT2D eigenvalue weighted by Crippen LogP contribution is 2.36. The van der Waals surface area contributed by atoms with Crippen molar-refractivity contribution in [3.63, 3.8) is 0 Å². The van der Waals surface area contributed by atoms with E-state index < -0.39 is 0 Å². The highest BCUT2D eigenvalue weighted by atomic mass is 32.2. The number of hydrogen-bond acceptors (Lipinski definition) is 5. The summed E-state index contributed by atoms with van der Waals surface area (Å²) in [7, 11) is 0. The van der Waals surface area contributed by atoms with Crippen LogP contribution in [0.4, 0.5) is 0 Å². The minimum absolute atomic E-state index is 0.503. The minimum atomic E-state index is 0.503. The highest BCUT2D eigenvalue weighted by molar-refractivity contribution is 7.99. The Bertz CT molecular complexity index is 340. The van der Waals surface area contributed by atoms with Crippen LogP contribution in [-0.2, 0) is 6.54 Å². The molecular formula is C11H21N5S. The Kier molecular flexibility index (Phi) is 4.79. The zero-order valence-corrected chi connectivity index (χ0v) is 11.4. The van der Waals surface area contributed by atoms with Gasteiger partial charge in [-0.2, -0.15) is 11.8 Å². The van der Waals surface area contributed by atoms with E-state index in [9.17, 15) is 0 Å². The molecule has 1 saturated carbocycles. The summed E-state index contributed by atoms with van der Waals surface area (Å²) in [6.45, 7) is 6.04. The maximum atomic E-state index is 4.15. The Balaban J connectivity index is 1.96. The predicted molar refractivity (Wildman–Crippen MR) is 70.0 cm³/mol. The molecule has 1 heterocycles. The van der Waals surface area contributed by atoms with Gasteiger partial charge in [0.05, 0.1) is 12.6 Å². The van der Waals surface area contributed by atoms with E-state index in [-0.39, 0.29) is 0 Å². The Morgan fingerprint density at radius 2 is 2.29 bits per heavy atom. The molecule has 5 nitrogen and oxygen atoms in total. The van der Waals surface area contributed by atoms with Gasteiger partial charge < -0.3 is 5.32 Å². The minimum Gasteiger partial charge on any atom is -0.310 e. The van der Waals surface area contributed by atoms with Crippen molar-refractivity contribution in [2.75, 3.05) is 12.3 Å². The van der Waals surface area contributed by atoms with Crippen LogP contribution in [0.25, 0.3) is 0 Å². The lowest BCUT2D eigenvalue weighted by molar-refractivity contribution is 0.432. The number of nitrogens with one attached hydrogen (secondary N) is 1. The maximum Gasteiger partial charge on any atom is 0.165 e. The van der Waals surface area contributed by atoms with Gasteiger partial charge in [-0.3, -0.25) is 0 Å². The lowest BCUT2D eigenvalue weighted by Crippen LogP contribution is -2.19. The number of hydrogen-bond donors (Lipinski definition) is 1. The van der Waals surface area contributed by atoms with Crippen LogP contribution in [0, 0.1) is 0 Å². The average molecular weight is 255 g/mol. The maximum absolute atomic E-state index is 4.15. The number of tetrazole rings is 1. The fourth-order valence-corrected chi connectivity index (χ4v) is 3.51. The first-order chi connectivity index (χ1) is 8.35. The van der Waals surface area contributed by atoms with Crippen molar-refractivity contribution >= 4 is 11.8 Å². The third kappa shape index (κ3) is 3.19. The number of rotatable bonds is 6. The van der Waals surface area contributed by atoms with Gasteiger partial charge in [-0.15, -0.1) is 5.10 Å². The van der Waals surface area contributed by atoms with Crippen LogP contribution in [0.1, 0.15) is 45.0 Å². The van der Waals surface area contributed by atoms with Gasteiger partial charge in [0.25, 0.3) is 0 Å². The van der Waals surface area contributed by atoms with Crippen LogP contribution < -0.4 is 5.32 Å². The van der Waals surface area contributed by atoms with Crippen molar-refractivity contribution in [3.05, 3.63) is 5.82 Å². The largest absolute Gasteiger partial charge is 0.310 e. The first-order valence-electron chi connectivity index (χ1n) is 6.44. The van der Waals surface area contributed by atoms with Crippen molar-refractivity contribution in [1.29, 1.82) is 0 Å². The molecule has 6 heteroatoms. The SMILES string of the molecule is CCNCc1nnnn1C1CCC(SCC)C1. The number of thioether (sulfide) groups is 1. The molecule has 96 valence electrons. The molecule has 2 unspecified atom stereocenters. The smallest absolute Gasteiger partial charge is 0.165 e. The summed E-state index contributed by atoms with van der Waals surface area (Å²) in [5.74, 6) is 2.18. The van der Waals surface area contributed by atoms with Crippen molar-refractivity contribution in [3.8, 4) is 0 Å². The molecule has 0 amide bonds. The van der Waals surface area contributed by atoms with E-state index in [1.54, 1.807) is 0 Å². The summed E-state index contributed by atoms with van der Waals surface area (Å²) in [6, 6.07) is 0.503. The molecule has 0 saturated heterocycles. The Hall–Kier alpha value is -0.620. The van der Waals surface area contributed by atoms with E-state index in [1.807, 2.05) is 4.68 Å². The molecule has 0 radical (unpaired) electrons. The molecule has 1 aliphatic rings. The van der Waals surface area contributed by atoms with Crippen molar-refractivity contribution in [2.45, 2.75) is 50.9 Å². The normalized spacial score (nSPS) is 24.4. The Labute approximate surface area is 107 Å². The van der Waals surface area contributed by atoms with Crippen LogP contribution in [0.2, 0.25) is 0 Å². The topological polar surface area (TPSA) is 55.6 Å². The second kappa shape index (κ2) is 6.35. The van der Waals surface area contributed by atoms with Gasteiger partial charge in [-0.25, -0.2) is 4.68 Å². The first kappa shape index (κ1) is 12.8. The van der Waals surface area contributed by atoms with Crippen LogP contribution >= 0.6 is 11.8 Å². The fraction of sp³-hybridized carbons (Fsp3) is 0.909. The summed E-state index contributed by atoms with van der Waals surface area (Å²) in [5, 5.41) is 16.1. The molecule has 2 atom stereocenters. The van der Waals surface area contributed by atoms with Crippen LogP contribution in [-0.4, -0.2) is 37.8 Å². The van der Waals surface area contributed by atoms with Crippen molar-refractivity contribution in [2.24, 2.45) is 0 Å². The number of nitrogens with zero attached hydrogens (tertiary/aromatic N) is 4. The van der Waals surface area contributed by atoms with Gasteiger partial charge in [0, 0.05) is 5.25 Å². The highest BCUT2D eigenvalue weighted by Gasteiger charge is 2.28. The summed E-state index contributed by atoms with van der Waals surface area (Å²) < 4.78 is 2.03. The van der Waals surface area contributed by atoms with Crippen molar-refractivity contribution < 1.29 is 0 Å². The van der Waals surface area contributed by atoms with Gasteiger partial charge in [-0.1, -0.05) is 13.8 Å². The zero-order valence-electron chi connectivity index (χ0n) is 10.6. The second-order valence-electron chi connectivity index (χ2n) is 4.36. The van der Waals surface area contributed by atoms with E-state index in [0.717, 1.165) is 24.2 Å². The third-order valence-corrected chi connectivity index (χ3v) is 4.43. The van der Waals surface area contributed by atoms with E-state index in [4.69, 9.17) is 0 Å². The second-order valence-corrected chi connectivity index (χ2v) is 5.94. The quantitative estimate of drug-likeness (QED) is 0.837. The van der Waals surface area contributed by atoms with Gasteiger partial charge >= 0.3 is 0 Å². The van der Waals surface area contributed by atoms with Gasteiger partial charge in [0.15, 0.2) is 5.82 Å². The Morgan fingerprint density at radius 1 is 1.41 bits per heavy atom. The van der Waals surface area contributed by atoms with Crippen molar-refractivity contribution in [1.82, 2.24) is 25.5 Å². The molecule has 1 fully saturated rings. The summed E-state index contributed by atoms with van der Waals surface area (Å²) >= 11 is 2.07. The third-order valence-electron chi connectivity index (χ3n) is 3.20. The lowest BCUT2D eigenvalue weighted by Gasteiger charge is -2.12. The van der Waals surface area contributed by atoms with Gasteiger partial charge in [-0.05, 0) is 42.0 Å². The summed E-state index contributed by atoms with van der Waals surface area (Å²) in [5.41, 5.74) is 0. The monoisotopic (exact) mass is 255 g/mol. The standard InChI is InChI=1S/C11H21N5S/c1-3-12-8-11-13-14-15-16(11)9-5-6-10(7-9)17-4-2/h9-10,12H,3-8H2,1-2H3. The molecule has 0 aromatic carbocycles. The molecule has 1 aromatic rings. The van der Waals surface area contributed by atoms with E-state index >= 15 is 0 Å². The summed E-state index contributed by atoms with van der Waals surface area (Å²) in [6.07, 6.45) is 3.72. The van der Waals surface area contributed by atoms with E-state index in [1.165, 1.54) is 25.0 Å². The molecule has 1 aliphatic carbocycles. The molecule has 1 N–H and O–H groups in total. The molecule has 0 spiro atoms. The van der Waals surface area contributed by atoms with Crippen LogP contribution in [0.3, 0.4) is 0 Å². The molecule has 1 aromatic heterocycles. The lowest BCUT2D eigenvalue weighted by atomic mass is 10.2.